The second kappa shape index (κ2) is 20.5. The van der Waals surface area contributed by atoms with Gasteiger partial charge in [-0.25, -0.2) is 9.13 Å². The zero-order valence-electron chi connectivity index (χ0n) is 4.89. The molecule has 0 unspecified atom stereocenters. The molecule has 0 fully saturated rings. The molecule has 9 nitrogen and oxygen atoms in total. The Kier molecular flexibility index (Phi) is 58.4. The van der Waals surface area contributed by atoms with Crippen LogP contribution in [0.3, 0.4) is 0 Å². The van der Waals surface area contributed by atoms with E-state index in [1.54, 1.807) is 0 Å². The van der Waals surface area contributed by atoms with Gasteiger partial charge >= 0.3 is 134 Å². The summed E-state index contributed by atoms with van der Waals surface area (Å²) in [6.45, 7) is 0. The van der Waals surface area contributed by atoms with E-state index in [2.05, 4.69) is 0 Å². The van der Waals surface area contributed by atoms with Crippen molar-refractivity contribution >= 4 is 134 Å². The summed E-state index contributed by atoms with van der Waals surface area (Å²) in [5.74, 6) is 0. The number of hydrogen-bond acceptors (Lipinski definition) is 2. The fourth-order valence-corrected chi connectivity index (χ4v) is 0. The summed E-state index contributed by atoms with van der Waals surface area (Å²) in [6.07, 6.45) is 0. The van der Waals surface area contributed by atoms with E-state index in [1.807, 2.05) is 0 Å². The van der Waals surface area contributed by atoms with Crippen LogP contribution < -0.4 is 0 Å². The predicted molar refractivity (Wildman–Crippen MR) is 60.7 cm³/mol. The molecule has 0 saturated heterocycles. The Balaban J connectivity index is -0.0000000128. The minimum absolute atomic E-state index is 0. The summed E-state index contributed by atoms with van der Waals surface area (Å²) in [5, 5.41) is 0. The molecule has 0 aliphatic rings. The summed E-state index contributed by atoms with van der Waals surface area (Å²) in [4.78, 5) is 43.1. The standard InChI is InChI=1S/4Na.2H3O4P.H2O.4H/c;;;;2*1-5(2,3)4;;;;;/h;;;;2*(H3,1,2,3,4);1H2;;;;. The molecule has 0 aliphatic heterocycles. The van der Waals surface area contributed by atoms with Crippen LogP contribution in [-0.4, -0.2) is 153 Å². The average molecular weight is 310 g/mol. The molecule has 0 aromatic heterocycles. The van der Waals surface area contributed by atoms with Gasteiger partial charge in [-0.3, -0.25) is 0 Å². The van der Waals surface area contributed by atoms with Crippen LogP contribution in [-0.2, 0) is 9.13 Å². The SMILES string of the molecule is O.O=P(O)(O)O.O=P(O)(O)O.[NaH].[NaH].[NaH].[NaH]. The van der Waals surface area contributed by atoms with E-state index in [9.17, 15) is 0 Å². The van der Waals surface area contributed by atoms with E-state index in [-0.39, 0.29) is 124 Å². The first kappa shape index (κ1) is 42.7. The van der Waals surface area contributed by atoms with Gasteiger partial charge in [0.2, 0.25) is 0 Å². The Labute approximate surface area is 174 Å². The predicted octanol–water partition coefficient (Wildman–Crippen LogP) is -5.28. The molecule has 15 heavy (non-hydrogen) atoms. The molecular weight excluding hydrogens is 298 g/mol. The van der Waals surface area contributed by atoms with Gasteiger partial charge in [0.1, 0.15) is 0 Å². The van der Waals surface area contributed by atoms with Crippen LogP contribution in [0.2, 0.25) is 0 Å². The molecule has 0 rings (SSSR count). The third-order valence-electron chi connectivity index (χ3n) is 0. The van der Waals surface area contributed by atoms with Gasteiger partial charge in [0, 0.05) is 0 Å². The Morgan fingerprint density at radius 1 is 0.533 bits per heavy atom. The van der Waals surface area contributed by atoms with Crippen LogP contribution in [0, 0.1) is 0 Å². The van der Waals surface area contributed by atoms with Crippen molar-refractivity contribution in [2.24, 2.45) is 0 Å². The quantitative estimate of drug-likeness (QED) is 0.189. The van der Waals surface area contributed by atoms with Crippen molar-refractivity contribution in [3.8, 4) is 0 Å². The molecular formula is H12Na4O9P2. The summed E-state index contributed by atoms with van der Waals surface area (Å²) in [6, 6.07) is 0. The molecule has 0 bridgehead atoms. The van der Waals surface area contributed by atoms with E-state index in [4.69, 9.17) is 38.5 Å². The third kappa shape index (κ3) is 272. The average Bonchev–Trinajstić information content (AvgIpc) is 1.12. The van der Waals surface area contributed by atoms with Crippen molar-refractivity contribution in [2.45, 2.75) is 0 Å². The first-order valence-corrected chi connectivity index (χ1v) is 4.70. The van der Waals surface area contributed by atoms with Crippen LogP contribution in [0.1, 0.15) is 0 Å². The maximum absolute atomic E-state index is 8.88. The monoisotopic (exact) mass is 310 g/mol. The van der Waals surface area contributed by atoms with Crippen LogP contribution in [0.5, 0.6) is 0 Å². The van der Waals surface area contributed by atoms with Gasteiger partial charge in [-0.2, -0.15) is 0 Å². The Morgan fingerprint density at radius 3 is 0.533 bits per heavy atom. The molecule has 0 radical (unpaired) electrons. The van der Waals surface area contributed by atoms with E-state index in [1.165, 1.54) is 0 Å². The van der Waals surface area contributed by atoms with Crippen LogP contribution in [0.4, 0.5) is 0 Å². The van der Waals surface area contributed by atoms with Gasteiger partial charge in [0.05, 0.1) is 0 Å². The van der Waals surface area contributed by atoms with Gasteiger partial charge in [-0.15, -0.1) is 0 Å². The van der Waals surface area contributed by atoms with Crippen LogP contribution in [0.25, 0.3) is 0 Å². The summed E-state index contributed by atoms with van der Waals surface area (Å²) >= 11 is 0. The van der Waals surface area contributed by atoms with Gasteiger partial charge < -0.3 is 34.8 Å². The van der Waals surface area contributed by atoms with Crippen molar-refractivity contribution in [2.75, 3.05) is 0 Å². The zero-order chi connectivity index (χ0) is 9.00. The van der Waals surface area contributed by atoms with Gasteiger partial charge in [-0.1, -0.05) is 0 Å². The summed E-state index contributed by atoms with van der Waals surface area (Å²) in [7, 11) is -9.28. The Hall–Kier alpha value is 4.18. The summed E-state index contributed by atoms with van der Waals surface area (Å²) in [5.41, 5.74) is 0. The second-order valence-electron chi connectivity index (χ2n) is 1.03. The molecule has 0 aliphatic carbocycles. The number of rotatable bonds is 0. The summed E-state index contributed by atoms with van der Waals surface area (Å²) < 4.78 is 17.8. The first-order chi connectivity index (χ1) is 4.00. The molecule has 0 saturated carbocycles. The minimum atomic E-state index is -4.64. The van der Waals surface area contributed by atoms with Gasteiger partial charge in [0.25, 0.3) is 0 Å². The zero-order valence-corrected chi connectivity index (χ0v) is 6.68. The molecule has 0 aromatic rings. The van der Waals surface area contributed by atoms with E-state index >= 15 is 0 Å². The van der Waals surface area contributed by atoms with E-state index in [0.29, 0.717) is 0 Å². The van der Waals surface area contributed by atoms with Gasteiger partial charge in [0.15, 0.2) is 0 Å². The molecule has 80 valence electrons. The van der Waals surface area contributed by atoms with Crippen LogP contribution in [0.15, 0.2) is 0 Å². The molecule has 0 atom stereocenters. The molecule has 15 heteroatoms. The van der Waals surface area contributed by atoms with Gasteiger partial charge in [-0.05, 0) is 0 Å². The molecule has 0 aromatic carbocycles. The van der Waals surface area contributed by atoms with Crippen LogP contribution >= 0.6 is 15.6 Å². The topological polar surface area (TPSA) is 187 Å². The maximum atomic E-state index is 8.88. The molecule has 0 amide bonds. The van der Waals surface area contributed by atoms with Crippen molar-refractivity contribution in [3.05, 3.63) is 0 Å². The van der Waals surface area contributed by atoms with E-state index < -0.39 is 15.6 Å². The Bertz CT molecular complexity index is 132. The molecule has 0 heterocycles. The molecule has 0 spiro atoms. The van der Waals surface area contributed by atoms with Crippen molar-refractivity contribution in [1.82, 2.24) is 0 Å². The Morgan fingerprint density at radius 2 is 0.533 bits per heavy atom. The van der Waals surface area contributed by atoms with Crippen molar-refractivity contribution in [3.63, 3.8) is 0 Å². The fourth-order valence-electron chi connectivity index (χ4n) is 0. The van der Waals surface area contributed by atoms with Crippen molar-refractivity contribution in [1.29, 1.82) is 0 Å². The fraction of sp³-hybridized carbons (Fsp3) is 0. The van der Waals surface area contributed by atoms with E-state index in [0.717, 1.165) is 0 Å². The third-order valence-corrected chi connectivity index (χ3v) is 0. The van der Waals surface area contributed by atoms with Crippen molar-refractivity contribution < 1.29 is 44.0 Å². The number of hydrogen-bond donors (Lipinski definition) is 6. The first-order valence-electron chi connectivity index (χ1n) is 1.57. The normalized spacial score (nSPS) is 7.87. The number of phosphoric acid groups is 2. The second-order valence-corrected chi connectivity index (χ2v) is 3.08. The molecule has 8 N–H and O–H groups in total.